The highest BCUT2D eigenvalue weighted by Gasteiger charge is 2.07. The predicted octanol–water partition coefficient (Wildman–Crippen LogP) is 2.48. The topological polar surface area (TPSA) is 52.0 Å². The van der Waals surface area contributed by atoms with E-state index in [1.807, 2.05) is 18.2 Å². The number of nitrogens with two attached hydrogens (primary N) is 1. The molecule has 0 saturated carbocycles. The molecule has 0 aliphatic heterocycles. The van der Waals surface area contributed by atoms with Gasteiger partial charge in [0.1, 0.15) is 11.3 Å². The van der Waals surface area contributed by atoms with Gasteiger partial charge in [-0.3, -0.25) is 0 Å². The smallest absolute Gasteiger partial charge is 0.144 e. The molecule has 0 fully saturated rings. The van der Waals surface area contributed by atoms with Crippen LogP contribution in [0.15, 0.2) is 27.2 Å². The van der Waals surface area contributed by atoms with Crippen molar-refractivity contribution in [3.8, 4) is 0 Å². The number of hydrogen-bond acceptors (Lipinski definition) is 3. The maximum absolute atomic E-state index is 5.44. The van der Waals surface area contributed by atoms with Crippen molar-refractivity contribution in [2.45, 2.75) is 12.8 Å². The van der Waals surface area contributed by atoms with Gasteiger partial charge in [0.05, 0.1) is 0 Å². The minimum absolute atomic E-state index is 0.679. The van der Waals surface area contributed by atoms with Gasteiger partial charge in [-0.1, -0.05) is 21.1 Å². The van der Waals surface area contributed by atoms with Crippen LogP contribution >= 0.6 is 15.9 Å². The molecule has 0 saturated heterocycles. The normalized spacial score (nSPS) is 11.0. The molecule has 0 amide bonds. The Morgan fingerprint density at radius 2 is 2.29 bits per heavy atom. The van der Waals surface area contributed by atoms with Gasteiger partial charge in [-0.25, -0.2) is 0 Å². The molecule has 1 heterocycles. The van der Waals surface area contributed by atoms with Crippen LogP contribution in [0.5, 0.6) is 0 Å². The molecule has 14 heavy (non-hydrogen) atoms. The van der Waals surface area contributed by atoms with Crippen LogP contribution in [0.4, 0.5) is 0 Å². The van der Waals surface area contributed by atoms with Gasteiger partial charge in [0.2, 0.25) is 0 Å². The molecule has 0 unspecified atom stereocenters. The Kier molecular flexibility index (Phi) is 2.84. The van der Waals surface area contributed by atoms with E-state index in [9.17, 15) is 0 Å². The average molecular weight is 255 g/mol. The molecule has 0 aliphatic carbocycles. The molecule has 2 rings (SSSR count). The standard InChI is InChI=1S/C10H11BrN2O/c11-7-3-4-8-9(6-7)13-14-10(8)2-1-5-12/h3-4,6H,1-2,5,12H2. The summed E-state index contributed by atoms with van der Waals surface area (Å²) in [5.74, 6) is 0.929. The molecule has 0 spiro atoms. The predicted molar refractivity (Wildman–Crippen MR) is 59.1 cm³/mol. The third-order valence-corrected chi connectivity index (χ3v) is 2.62. The molecule has 0 aliphatic rings. The Morgan fingerprint density at radius 3 is 3.07 bits per heavy atom. The quantitative estimate of drug-likeness (QED) is 0.916. The molecule has 1 aromatic heterocycles. The van der Waals surface area contributed by atoms with Gasteiger partial charge in [-0.15, -0.1) is 0 Å². The van der Waals surface area contributed by atoms with Crippen LogP contribution in [0.3, 0.4) is 0 Å². The summed E-state index contributed by atoms with van der Waals surface area (Å²) in [7, 11) is 0. The van der Waals surface area contributed by atoms with Gasteiger partial charge in [0.15, 0.2) is 0 Å². The maximum Gasteiger partial charge on any atom is 0.144 e. The highest BCUT2D eigenvalue weighted by atomic mass is 79.9. The Hall–Kier alpha value is -0.870. The first kappa shape index (κ1) is 9.68. The molecule has 0 bridgehead atoms. The summed E-state index contributed by atoms with van der Waals surface area (Å²) >= 11 is 3.39. The van der Waals surface area contributed by atoms with Crippen molar-refractivity contribution in [2.24, 2.45) is 5.73 Å². The molecular formula is C10H11BrN2O. The fourth-order valence-corrected chi connectivity index (χ4v) is 1.76. The fraction of sp³-hybridized carbons (Fsp3) is 0.300. The summed E-state index contributed by atoms with van der Waals surface area (Å²) in [4.78, 5) is 0. The summed E-state index contributed by atoms with van der Waals surface area (Å²) in [5, 5.41) is 5.07. The van der Waals surface area contributed by atoms with Crippen LogP contribution in [0.25, 0.3) is 10.9 Å². The van der Waals surface area contributed by atoms with Crippen molar-refractivity contribution in [3.63, 3.8) is 0 Å². The van der Waals surface area contributed by atoms with Gasteiger partial charge < -0.3 is 10.3 Å². The van der Waals surface area contributed by atoms with Crippen LogP contribution < -0.4 is 5.73 Å². The minimum Gasteiger partial charge on any atom is -0.360 e. The van der Waals surface area contributed by atoms with E-state index in [4.69, 9.17) is 10.3 Å². The van der Waals surface area contributed by atoms with Crippen LogP contribution in [0.2, 0.25) is 0 Å². The lowest BCUT2D eigenvalue weighted by Crippen LogP contribution is -1.99. The van der Waals surface area contributed by atoms with Gasteiger partial charge in [-0.05, 0) is 31.2 Å². The lowest BCUT2D eigenvalue weighted by molar-refractivity contribution is 0.389. The Bertz CT molecular complexity index is 439. The largest absolute Gasteiger partial charge is 0.360 e. The number of hydrogen-bond donors (Lipinski definition) is 1. The zero-order valence-electron chi connectivity index (χ0n) is 7.66. The number of halogens is 1. The van der Waals surface area contributed by atoms with Crippen molar-refractivity contribution < 1.29 is 4.52 Å². The molecule has 0 radical (unpaired) electrons. The molecule has 74 valence electrons. The second kappa shape index (κ2) is 4.11. The Morgan fingerprint density at radius 1 is 1.43 bits per heavy atom. The lowest BCUT2D eigenvalue weighted by atomic mass is 10.1. The minimum atomic E-state index is 0.679. The van der Waals surface area contributed by atoms with E-state index in [1.54, 1.807) is 0 Å². The van der Waals surface area contributed by atoms with Crippen LogP contribution in [-0.4, -0.2) is 11.7 Å². The van der Waals surface area contributed by atoms with E-state index in [2.05, 4.69) is 21.1 Å². The summed E-state index contributed by atoms with van der Waals surface area (Å²) in [6.45, 7) is 0.679. The number of aromatic nitrogens is 1. The molecule has 0 atom stereocenters. The molecular weight excluding hydrogens is 244 g/mol. The summed E-state index contributed by atoms with van der Waals surface area (Å²) < 4.78 is 6.26. The highest BCUT2D eigenvalue weighted by molar-refractivity contribution is 9.10. The summed E-state index contributed by atoms with van der Waals surface area (Å²) in [6.07, 6.45) is 1.79. The number of nitrogens with zero attached hydrogens (tertiary/aromatic N) is 1. The van der Waals surface area contributed by atoms with Crippen LogP contribution in [0.1, 0.15) is 12.2 Å². The van der Waals surface area contributed by atoms with Crippen molar-refractivity contribution in [1.82, 2.24) is 5.16 Å². The van der Waals surface area contributed by atoms with Crippen molar-refractivity contribution in [3.05, 3.63) is 28.4 Å². The molecule has 2 aromatic rings. The molecule has 3 nitrogen and oxygen atoms in total. The van der Waals surface area contributed by atoms with E-state index in [-0.39, 0.29) is 0 Å². The van der Waals surface area contributed by atoms with E-state index in [0.717, 1.165) is 34.0 Å². The van der Waals surface area contributed by atoms with Gasteiger partial charge >= 0.3 is 0 Å². The van der Waals surface area contributed by atoms with Crippen molar-refractivity contribution in [2.75, 3.05) is 6.54 Å². The lowest BCUT2D eigenvalue weighted by Gasteiger charge is -1.93. The first-order valence-electron chi connectivity index (χ1n) is 4.55. The third kappa shape index (κ3) is 1.81. The van der Waals surface area contributed by atoms with Crippen LogP contribution in [0, 0.1) is 0 Å². The van der Waals surface area contributed by atoms with Gasteiger partial charge in [0.25, 0.3) is 0 Å². The number of aryl methyl sites for hydroxylation is 1. The van der Waals surface area contributed by atoms with E-state index >= 15 is 0 Å². The average Bonchev–Trinajstić information content (AvgIpc) is 2.57. The second-order valence-corrected chi connectivity index (χ2v) is 4.08. The van der Waals surface area contributed by atoms with Gasteiger partial charge in [-0.2, -0.15) is 0 Å². The van der Waals surface area contributed by atoms with E-state index < -0.39 is 0 Å². The SMILES string of the molecule is NCCCc1onc2cc(Br)ccc12. The Labute approximate surface area is 90.4 Å². The van der Waals surface area contributed by atoms with Gasteiger partial charge in [0, 0.05) is 16.3 Å². The monoisotopic (exact) mass is 254 g/mol. The van der Waals surface area contributed by atoms with Crippen LogP contribution in [-0.2, 0) is 6.42 Å². The maximum atomic E-state index is 5.44. The summed E-state index contributed by atoms with van der Waals surface area (Å²) in [6, 6.07) is 5.96. The Balaban J connectivity index is 2.37. The van der Waals surface area contributed by atoms with E-state index in [1.165, 1.54) is 0 Å². The number of rotatable bonds is 3. The molecule has 4 heteroatoms. The molecule has 2 N–H and O–H groups in total. The fourth-order valence-electron chi connectivity index (χ4n) is 1.41. The number of fused-ring (bicyclic) bond motifs is 1. The highest BCUT2D eigenvalue weighted by Crippen LogP contribution is 2.22. The zero-order chi connectivity index (χ0) is 9.97. The zero-order valence-corrected chi connectivity index (χ0v) is 9.25. The van der Waals surface area contributed by atoms with Crippen molar-refractivity contribution in [1.29, 1.82) is 0 Å². The number of benzene rings is 1. The third-order valence-electron chi connectivity index (χ3n) is 2.12. The first-order valence-corrected chi connectivity index (χ1v) is 5.34. The molecule has 1 aromatic carbocycles. The van der Waals surface area contributed by atoms with E-state index in [0.29, 0.717) is 6.54 Å². The second-order valence-electron chi connectivity index (χ2n) is 3.16. The van der Waals surface area contributed by atoms with Crippen molar-refractivity contribution >= 4 is 26.8 Å². The first-order chi connectivity index (χ1) is 6.81. The summed E-state index contributed by atoms with van der Waals surface area (Å²) in [5.41, 5.74) is 6.34.